The second-order valence-electron chi connectivity index (χ2n) is 5.74. The average molecular weight is 282 g/mol. The molecule has 1 heterocycles. The van der Waals surface area contributed by atoms with E-state index in [2.05, 4.69) is 26.1 Å². The molecule has 2 N–H and O–H groups in total. The summed E-state index contributed by atoms with van der Waals surface area (Å²) in [5, 5.41) is 14.4. The molecular weight excluding hydrogens is 256 g/mol. The third-order valence-corrected chi connectivity index (χ3v) is 5.94. The minimum atomic E-state index is 0.0221. The van der Waals surface area contributed by atoms with E-state index in [9.17, 15) is 5.11 Å². The van der Waals surface area contributed by atoms with Crippen LogP contribution in [0.3, 0.4) is 0 Å². The maximum atomic E-state index is 9.60. The molecule has 4 heteroatoms. The molecule has 0 bridgehead atoms. The van der Waals surface area contributed by atoms with Gasteiger partial charge in [-0.1, -0.05) is 13.8 Å². The lowest BCUT2D eigenvalue weighted by atomic mass is 9.83. The Kier molecular flexibility index (Phi) is 4.98. The van der Waals surface area contributed by atoms with Gasteiger partial charge in [0.1, 0.15) is 5.01 Å². The van der Waals surface area contributed by atoms with E-state index in [0.29, 0.717) is 6.04 Å². The number of nitrogens with zero attached hydrogens (tertiary/aromatic N) is 1. The van der Waals surface area contributed by atoms with Gasteiger partial charge in [-0.2, -0.15) is 0 Å². The van der Waals surface area contributed by atoms with Crippen LogP contribution in [-0.2, 0) is 12.8 Å². The number of hydrogen-bond acceptors (Lipinski definition) is 4. The normalized spacial score (nSPS) is 16.6. The van der Waals surface area contributed by atoms with Crippen molar-refractivity contribution in [3.63, 3.8) is 0 Å². The number of aliphatic hydroxyl groups excluding tert-OH is 1. The minimum Gasteiger partial charge on any atom is -0.396 e. The van der Waals surface area contributed by atoms with Crippen LogP contribution in [0.4, 0.5) is 0 Å². The zero-order valence-corrected chi connectivity index (χ0v) is 13.1. The van der Waals surface area contributed by atoms with Gasteiger partial charge in [0.2, 0.25) is 0 Å². The first-order valence-electron chi connectivity index (χ1n) is 7.47. The smallest absolute Gasteiger partial charge is 0.110 e. The fraction of sp³-hybridized carbons (Fsp3) is 0.800. The van der Waals surface area contributed by atoms with E-state index < -0.39 is 0 Å². The molecule has 1 aliphatic rings. The molecule has 0 saturated heterocycles. The van der Waals surface area contributed by atoms with Gasteiger partial charge in [-0.05, 0) is 39.0 Å². The summed E-state index contributed by atoms with van der Waals surface area (Å²) in [6, 6.07) is 0.291. The first-order valence-corrected chi connectivity index (χ1v) is 8.28. The van der Waals surface area contributed by atoms with Crippen LogP contribution in [-0.4, -0.2) is 23.2 Å². The van der Waals surface area contributed by atoms with Crippen molar-refractivity contribution in [2.24, 2.45) is 5.41 Å². The molecule has 108 valence electrons. The van der Waals surface area contributed by atoms with E-state index in [1.54, 1.807) is 0 Å². The highest BCUT2D eigenvalue weighted by Crippen LogP contribution is 2.31. The van der Waals surface area contributed by atoms with E-state index in [1.807, 2.05) is 11.3 Å². The fourth-order valence-corrected chi connectivity index (χ4v) is 3.81. The molecule has 0 amide bonds. The van der Waals surface area contributed by atoms with Gasteiger partial charge < -0.3 is 10.4 Å². The lowest BCUT2D eigenvalue weighted by molar-refractivity contribution is 0.110. The van der Waals surface area contributed by atoms with Gasteiger partial charge in [0.15, 0.2) is 0 Å². The van der Waals surface area contributed by atoms with Crippen LogP contribution in [0.15, 0.2) is 0 Å². The van der Waals surface area contributed by atoms with Crippen LogP contribution in [0.25, 0.3) is 0 Å². The Morgan fingerprint density at radius 1 is 1.37 bits per heavy atom. The van der Waals surface area contributed by atoms with Crippen LogP contribution in [0.1, 0.15) is 61.7 Å². The van der Waals surface area contributed by atoms with Gasteiger partial charge in [0, 0.05) is 23.4 Å². The summed E-state index contributed by atoms with van der Waals surface area (Å²) in [6.45, 7) is 7.62. The van der Waals surface area contributed by atoms with Crippen molar-refractivity contribution < 1.29 is 5.11 Å². The summed E-state index contributed by atoms with van der Waals surface area (Å²) in [5.74, 6) is 0. The highest BCUT2D eigenvalue weighted by atomic mass is 32.1. The Bertz CT molecular complexity index is 383. The van der Waals surface area contributed by atoms with E-state index in [-0.39, 0.29) is 12.0 Å². The predicted molar refractivity (Wildman–Crippen MR) is 80.7 cm³/mol. The van der Waals surface area contributed by atoms with Crippen LogP contribution in [0, 0.1) is 5.41 Å². The zero-order valence-electron chi connectivity index (χ0n) is 12.3. The van der Waals surface area contributed by atoms with E-state index in [1.165, 1.54) is 28.4 Å². The molecule has 19 heavy (non-hydrogen) atoms. The maximum absolute atomic E-state index is 9.60. The van der Waals surface area contributed by atoms with Crippen molar-refractivity contribution in [2.45, 2.75) is 58.9 Å². The molecule has 2 rings (SSSR count). The molecule has 0 spiro atoms. The molecule has 1 aromatic heterocycles. The first-order chi connectivity index (χ1) is 9.14. The van der Waals surface area contributed by atoms with Crippen molar-refractivity contribution >= 4 is 11.3 Å². The largest absolute Gasteiger partial charge is 0.396 e. The molecule has 3 nitrogen and oxygen atoms in total. The molecule has 0 radical (unpaired) electrons. The Morgan fingerprint density at radius 2 is 2.11 bits per heavy atom. The number of thiazole rings is 1. The number of aryl methyl sites for hydroxylation is 2. The molecule has 0 aliphatic heterocycles. The zero-order chi connectivity index (χ0) is 13.9. The number of hydrogen-bond donors (Lipinski definition) is 2. The summed E-state index contributed by atoms with van der Waals surface area (Å²) in [6.07, 6.45) is 5.66. The molecule has 1 aliphatic carbocycles. The quantitative estimate of drug-likeness (QED) is 0.808. The van der Waals surface area contributed by atoms with Crippen LogP contribution >= 0.6 is 11.3 Å². The van der Waals surface area contributed by atoms with Crippen LogP contribution in [0.5, 0.6) is 0 Å². The van der Waals surface area contributed by atoms with E-state index >= 15 is 0 Å². The van der Waals surface area contributed by atoms with Crippen molar-refractivity contribution in [2.75, 3.05) is 13.2 Å². The van der Waals surface area contributed by atoms with Crippen molar-refractivity contribution in [1.29, 1.82) is 0 Å². The Morgan fingerprint density at radius 3 is 2.68 bits per heavy atom. The number of aliphatic hydroxyl groups is 1. The number of fused-ring (bicyclic) bond motifs is 1. The highest BCUT2D eigenvalue weighted by molar-refractivity contribution is 7.11. The molecule has 0 saturated carbocycles. The second-order valence-corrected chi connectivity index (χ2v) is 6.86. The number of nitrogens with one attached hydrogen (secondary N) is 1. The van der Waals surface area contributed by atoms with Gasteiger partial charge >= 0.3 is 0 Å². The summed E-state index contributed by atoms with van der Waals surface area (Å²) < 4.78 is 0. The third-order valence-electron chi connectivity index (χ3n) is 4.60. The molecule has 1 atom stereocenters. The fourth-order valence-electron chi connectivity index (χ4n) is 2.63. The van der Waals surface area contributed by atoms with Gasteiger partial charge in [0.25, 0.3) is 0 Å². The average Bonchev–Trinajstić information content (AvgIpc) is 3.01. The number of aromatic nitrogens is 1. The van der Waals surface area contributed by atoms with Crippen molar-refractivity contribution in [3.8, 4) is 0 Å². The topological polar surface area (TPSA) is 45.1 Å². The summed E-state index contributed by atoms with van der Waals surface area (Å²) in [5.41, 5.74) is 1.35. The van der Waals surface area contributed by atoms with Gasteiger partial charge in [-0.3, -0.25) is 0 Å². The van der Waals surface area contributed by atoms with Crippen LogP contribution < -0.4 is 5.32 Å². The molecule has 0 aromatic carbocycles. The van der Waals surface area contributed by atoms with Crippen molar-refractivity contribution in [1.82, 2.24) is 10.3 Å². The Balaban J connectivity index is 1.95. The highest BCUT2D eigenvalue weighted by Gasteiger charge is 2.26. The van der Waals surface area contributed by atoms with Gasteiger partial charge in [-0.25, -0.2) is 4.98 Å². The summed E-state index contributed by atoms with van der Waals surface area (Å²) >= 11 is 1.87. The lowest BCUT2D eigenvalue weighted by Crippen LogP contribution is -2.37. The lowest BCUT2D eigenvalue weighted by Gasteiger charge is -2.31. The SMILES string of the molecule is CCC(CC)(CO)CNC(C)c1nc2c(s1)CCC2. The Labute approximate surface area is 120 Å². The molecule has 0 fully saturated rings. The minimum absolute atomic E-state index is 0.0221. The predicted octanol–water partition coefficient (Wildman–Crippen LogP) is 3.08. The van der Waals surface area contributed by atoms with E-state index in [4.69, 9.17) is 4.98 Å². The van der Waals surface area contributed by atoms with Crippen molar-refractivity contribution in [3.05, 3.63) is 15.6 Å². The third kappa shape index (κ3) is 3.18. The van der Waals surface area contributed by atoms with Crippen LogP contribution in [0.2, 0.25) is 0 Å². The number of rotatable bonds is 7. The summed E-state index contributed by atoms with van der Waals surface area (Å²) in [4.78, 5) is 6.25. The van der Waals surface area contributed by atoms with Gasteiger partial charge in [-0.15, -0.1) is 11.3 Å². The van der Waals surface area contributed by atoms with E-state index in [0.717, 1.165) is 25.8 Å². The second kappa shape index (κ2) is 6.33. The monoisotopic (exact) mass is 282 g/mol. The summed E-state index contributed by atoms with van der Waals surface area (Å²) in [7, 11) is 0. The maximum Gasteiger partial charge on any atom is 0.110 e. The molecule has 1 aromatic rings. The first kappa shape index (κ1) is 14.9. The molecular formula is C15H26N2OS. The standard InChI is InChI=1S/C15H26N2OS/c1-4-15(5-2,10-18)9-16-11(3)14-17-12-7-6-8-13(12)19-14/h11,16,18H,4-10H2,1-3H3. The molecule has 1 unspecified atom stereocenters. The van der Waals surface area contributed by atoms with Gasteiger partial charge in [0.05, 0.1) is 11.7 Å². The Hall–Kier alpha value is -0.450.